The molecule has 37 heavy (non-hydrogen) atoms. The minimum Gasteiger partial charge on any atom is -0.479 e. The Morgan fingerprint density at radius 2 is 1.51 bits per heavy atom. The van der Waals surface area contributed by atoms with Gasteiger partial charge < -0.3 is 59.8 Å². The monoisotopic (exact) mass is 534 g/mol. The number of carbonyl (C=O) groups is 1. The zero-order valence-electron chi connectivity index (χ0n) is 20.3. The highest BCUT2D eigenvalue weighted by Gasteiger charge is 2.59. The number of carboxylic acids is 1. The van der Waals surface area contributed by atoms with Crippen molar-refractivity contribution in [1.82, 2.24) is 0 Å². The van der Waals surface area contributed by atoms with Gasteiger partial charge in [-0.1, -0.05) is 0 Å². The Morgan fingerprint density at radius 1 is 0.811 bits per heavy atom. The first kappa shape index (κ1) is 27.6. The highest BCUT2D eigenvalue weighted by molar-refractivity contribution is 5.72. The van der Waals surface area contributed by atoms with Crippen LogP contribution in [0.3, 0.4) is 0 Å². The quantitative estimate of drug-likeness (QED) is 0.178. The fourth-order valence-corrected chi connectivity index (χ4v) is 7.09. The summed E-state index contributed by atoms with van der Waals surface area (Å²) < 4.78 is 24.2. The van der Waals surface area contributed by atoms with Crippen molar-refractivity contribution in [3.63, 3.8) is 0 Å². The Labute approximate surface area is 213 Å². The van der Waals surface area contributed by atoms with Gasteiger partial charge in [-0.25, -0.2) is 4.79 Å². The summed E-state index contributed by atoms with van der Waals surface area (Å²) in [6.07, 6.45) is -12.3. The minimum atomic E-state index is -1.66. The molecule has 5 fully saturated rings. The third-order valence-corrected chi connectivity index (χ3v) is 8.97. The van der Waals surface area contributed by atoms with Crippen LogP contribution in [-0.2, 0) is 23.7 Å². The zero-order chi connectivity index (χ0) is 26.6. The number of hydrogen-bond acceptors (Lipinski definition) is 12. The molecule has 13 nitrogen and oxygen atoms in total. The van der Waals surface area contributed by atoms with Gasteiger partial charge in [0.15, 0.2) is 12.4 Å². The van der Waals surface area contributed by atoms with Crippen LogP contribution >= 0.6 is 0 Å². The normalized spacial score (nSPS) is 54.4. The maximum Gasteiger partial charge on any atom is 0.332 e. The molecular formula is C24H38O13. The number of ether oxygens (including phenoxy) is 4. The van der Waals surface area contributed by atoms with Gasteiger partial charge in [0.05, 0.1) is 49.3 Å². The molecular weight excluding hydrogens is 496 g/mol. The molecule has 3 heterocycles. The number of aliphatic hydroxyl groups is 7. The topological polar surface area (TPSA) is 216 Å². The zero-order valence-corrected chi connectivity index (χ0v) is 20.3. The molecule has 5 rings (SSSR count). The van der Waals surface area contributed by atoms with Crippen LogP contribution in [0.25, 0.3) is 0 Å². The molecule has 0 radical (unpaired) electrons. The predicted molar refractivity (Wildman–Crippen MR) is 120 cm³/mol. The van der Waals surface area contributed by atoms with Crippen LogP contribution in [0.15, 0.2) is 0 Å². The van der Waals surface area contributed by atoms with Crippen LogP contribution in [0.2, 0.25) is 0 Å². The molecule has 0 spiro atoms. The molecule has 3 aliphatic heterocycles. The van der Waals surface area contributed by atoms with Crippen LogP contribution in [0.1, 0.15) is 38.5 Å². The van der Waals surface area contributed by atoms with Crippen molar-refractivity contribution in [2.45, 2.75) is 118 Å². The highest BCUT2D eigenvalue weighted by atomic mass is 16.7. The van der Waals surface area contributed by atoms with Gasteiger partial charge in [0.1, 0.15) is 24.4 Å². The molecule has 0 aromatic carbocycles. The lowest BCUT2D eigenvalue weighted by molar-refractivity contribution is -0.350. The lowest BCUT2D eigenvalue weighted by Gasteiger charge is -2.57. The number of aliphatic carboxylic acids is 1. The second kappa shape index (κ2) is 10.9. The van der Waals surface area contributed by atoms with E-state index in [9.17, 15) is 45.6 Å². The van der Waals surface area contributed by atoms with E-state index >= 15 is 0 Å². The van der Waals surface area contributed by atoms with E-state index in [0.717, 1.165) is 0 Å². The van der Waals surface area contributed by atoms with E-state index in [4.69, 9.17) is 18.9 Å². The molecule has 2 saturated carbocycles. The first-order valence-electron chi connectivity index (χ1n) is 13.1. The van der Waals surface area contributed by atoms with Crippen molar-refractivity contribution in [2.24, 2.45) is 17.8 Å². The van der Waals surface area contributed by atoms with Crippen molar-refractivity contribution in [3.8, 4) is 0 Å². The fourth-order valence-electron chi connectivity index (χ4n) is 7.09. The summed E-state index contributed by atoms with van der Waals surface area (Å²) in [5.41, 5.74) is 0. The summed E-state index contributed by atoms with van der Waals surface area (Å²) in [4.78, 5) is 12.0. The lowest BCUT2D eigenvalue weighted by atomic mass is 9.64. The van der Waals surface area contributed by atoms with Crippen LogP contribution in [0.5, 0.6) is 0 Å². The van der Waals surface area contributed by atoms with E-state index in [1.165, 1.54) is 0 Å². The van der Waals surface area contributed by atoms with Gasteiger partial charge in [0.25, 0.3) is 0 Å². The van der Waals surface area contributed by atoms with Crippen LogP contribution < -0.4 is 0 Å². The Kier molecular flexibility index (Phi) is 8.12. The van der Waals surface area contributed by atoms with Crippen molar-refractivity contribution in [3.05, 3.63) is 0 Å². The summed E-state index contributed by atoms with van der Waals surface area (Å²) in [7, 11) is 0. The molecule has 3 saturated heterocycles. The average molecular weight is 535 g/mol. The highest BCUT2D eigenvalue weighted by Crippen LogP contribution is 2.50. The summed E-state index contributed by atoms with van der Waals surface area (Å²) >= 11 is 0. The second-order valence-electron chi connectivity index (χ2n) is 11.2. The molecule has 16 unspecified atom stereocenters. The minimum absolute atomic E-state index is 0.0724. The van der Waals surface area contributed by atoms with E-state index in [2.05, 4.69) is 0 Å². The Balaban J connectivity index is 1.48. The predicted octanol–water partition coefficient (Wildman–Crippen LogP) is -2.91. The van der Waals surface area contributed by atoms with Crippen LogP contribution in [0.4, 0.5) is 0 Å². The van der Waals surface area contributed by atoms with Gasteiger partial charge in [0, 0.05) is 12.3 Å². The van der Waals surface area contributed by atoms with Gasteiger partial charge >= 0.3 is 5.97 Å². The first-order chi connectivity index (χ1) is 17.6. The molecule has 0 aromatic rings. The number of aliphatic hydroxyl groups excluding tert-OH is 7. The SMILES string of the molecule is O=C(O)C1CC2C(OC3OC(CO)C(O)C(O)C3O)C(C3CCC(O)C(O)C3)OC3CC(O)CC(O1)C32. The molecule has 13 heteroatoms. The maximum absolute atomic E-state index is 12.0. The van der Waals surface area contributed by atoms with Crippen LogP contribution in [-0.4, -0.2) is 133 Å². The van der Waals surface area contributed by atoms with E-state index in [1.807, 2.05) is 0 Å². The summed E-state index contributed by atoms with van der Waals surface area (Å²) in [6.45, 7) is -0.634. The average Bonchev–Trinajstić information content (AvgIpc) is 2.86. The first-order valence-corrected chi connectivity index (χ1v) is 13.1. The fraction of sp³-hybridized carbons (Fsp3) is 0.958. The van der Waals surface area contributed by atoms with Crippen molar-refractivity contribution >= 4 is 5.97 Å². The Bertz CT molecular complexity index is 812. The van der Waals surface area contributed by atoms with Gasteiger partial charge in [-0.05, 0) is 43.9 Å². The van der Waals surface area contributed by atoms with E-state index < -0.39 is 98.0 Å². The van der Waals surface area contributed by atoms with Crippen molar-refractivity contribution < 1.29 is 64.6 Å². The Morgan fingerprint density at radius 3 is 2.16 bits per heavy atom. The molecule has 8 N–H and O–H groups in total. The lowest BCUT2D eigenvalue weighted by Crippen LogP contribution is -2.67. The molecule has 0 aromatic heterocycles. The molecule has 0 amide bonds. The third-order valence-electron chi connectivity index (χ3n) is 8.97. The smallest absolute Gasteiger partial charge is 0.332 e. The molecule has 16 atom stereocenters. The van der Waals surface area contributed by atoms with Gasteiger partial charge in [0.2, 0.25) is 0 Å². The van der Waals surface area contributed by atoms with Crippen molar-refractivity contribution in [2.75, 3.05) is 6.61 Å². The number of carboxylic acid groups (broad SMARTS) is 1. The van der Waals surface area contributed by atoms with Gasteiger partial charge in [-0.15, -0.1) is 0 Å². The maximum atomic E-state index is 12.0. The second-order valence-corrected chi connectivity index (χ2v) is 11.2. The largest absolute Gasteiger partial charge is 0.479 e. The molecule has 0 bridgehead atoms. The van der Waals surface area contributed by atoms with E-state index in [-0.39, 0.29) is 31.1 Å². The number of hydrogen-bond donors (Lipinski definition) is 8. The summed E-state index contributed by atoms with van der Waals surface area (Å²) in [5.74, 6) is -2.21. The van der Waals surface area contributed by atoms with Crippen molar-refractivity contribution in [1.29, 1.82) is 0 Å². The summed E-state index contributed by atoms with van der Waals surface area (Å²) in [6, 6.07) is 0. The third kappa shape index (κ3) is 5.16. The Hall–Kier alpha value is -0.970. The molecule has 5 aliphatic rings. The van der Waals surface area contributed by atoms with E-state index in [1.54, 1.807) is 0 Å². The number of rotatable bonds is 5. The summed E-state index contributed by atoms with van der Waals surface area (Å²) in [5, 5.41) is 81.4. The standard InChI is InChI=1S/C24H38O13/c25-7-16-18(29)19(30)20(31)24(36-16)37-22-10-6-15(23(32)33)34-13-4-9(26)5-14(17(10)13)35-21(22)8-1-2-11(27)12(28)3-8/h8-22,24-31H,1-7H2,(H,32,33). The van der Waals surface area contributed by atoms with Gasteiger partial charge in [-0.3, -0.25) is 0 Å². The molecule has 2 aliphatic carbocycles. The van der Waals surface area contributed by atoms with Crippen LogP contribution in [0, 0.1) is 17.8 Å². The molecule has 212 valence electrons. The van der Waals surface area contributed by atoms with E-state index in [0.29, 0.717) is 19.3 Å². The van der Waals surface area contributed by atoms with Gasteiger partial charge in [-0.2, -0.15) is 0 Å².